The standard InChI is InChI=1S/C18H17N3O4/c1-4-25-18(24)15-10(2)14(20-11(15)3)9-19-21-16(22)12-7-5-6-8-13(12)17(21)23/h5-9,20H,4H2,1-3H3/b19-9+. The van der Waals surface area contributed by atoms with Gasteiger partial charge >= 0.3 is 5.97 Å². The summed E-state index contributed by atoms with van der Waals surface area (Å²) in [5, 5.41) is 4.84. The van der Waals surface area contributed by atoms with Crippen LogP contribution in [0.3, 0.4) is 0 Å². The number of hydrogen-bond donors (Lipinski definition) is 1. The van der Waals surface area contributed by atoms with E-state index in [0.29, 0.717) is 33.6 Å². The van der Waals surface area contributed by atoms with E-state index in [1.807, 2.05) is 0 Å². The summed E-state index contributed by atoms with van der Waals surface area (Å²) < 4.78 is 5.04. The Morgan fingerprint density at radius 3 is 2.36 bits per heavy atom. The molecule has 1 aliphatic heterocycles. The second-order valence-electron chi connectivity index (χ2n) is 5.60. The first-order chi connectivity index (χ1) is 12.0. The first-order valence-corrected chi connectivity index (χ1v) is 7.83. The lowest BCUT2D eigenvalue weighted by Gasteiger charge is -2.05. The Balaban J connectivity index is 1.89. The molecule has 25 heavy (non-hydrogen) atoms. The third kappa shape index (κ3) is 2.73. The van der Waals surface area contributed by atoms with Gasteiger partial charge in [-0.1, -0.05) is 12.1 Å². The number of rotatable bonds is 4. The topological polar surface area (TPSA) is 91.8 Å². The zero-order valence-electron chi connectivity index (χ0n) is 14.1. The van der Waals surface area contributed by atoms with Crippen LogP contribution in [0, 0.1) is 13.8 Å². The Kier molecular flexibility index (Phi) is 4.22. The Morgan fingerprint density at radius 1 is 1.20 bits per heavy atom. The van der Waals surface area contributed by atoms with Crippen LogP contribution in [0.15, 0.2) is 29.4 Å². The van der Waals surface area contributed by atoms with Gasteiger partial charge in [-0.2, -0.15) is 10.1 Å². The third-order valence-electron chi connectivity index (χ3n) is 4.03. The van der Waals surface area contributed by atoms with Gasteiger partial charge in [0.1, 0.15) is 0 Å². The normalized spacial score (nSPS) is 13.6. The minimum Gasteiger partial charge on any atom is -0.462 e. The van der Waals surface area contributed by atoms with E-state index in [1.54, 1.807) is 45.0 Å². The predicted octanol–water partition coefficient (Wildman–Crippen LogP) is 2.44. The molecule has 1 aromatic carbocycles. The average molecular weight is 339 g/mol. The van der Waals surface area contributed by atoms with Crippen LogP contribution in [0.5, 0.6) is 0 Å². The van der Waals surface area contributed by atoms with Crippen LogP contribution < -0.4 is 0 Å². The smallest absolute Gasteiger partial charge is 0.340 e. The number of fused-ring (bicyclic) bond motifs is 1. The molecule has 0 saturated heterocycles. The highest BCUT2D eigenvalue weighted by Gasteiger charge is 2.35. The highest BCUT2D eigenvalue weighted by Crippen LogP contribution is 2.23. The number of aryl methyl sites for hydroxylation is 1. The highest BCUT2D eigenvalue weighted by atomic mass is 16.5. The van der Waals surface area contributed by atoms with Gasteiger partial charge in [0.05, 0.1) is 35.2 Å². The maximum absolute atomic E-state index is 12.3. The van der Waals surface area contributed by atoms with Gasteiger partial charge in [-0.15, -0.1) is 0 Å². The molecule has 1 N–H and O–H groups in total. The third-order valence-corrected chi connectivity index (χ3v) is 4.03. The zero-order chi connectivity index (χ0) is 18.1. The van der Waals surface area contributed by atoms with Gasteiger partial charge in [0.2, 0.25) is 0 Å². The SMILES string of the molecule is CCOC(=O)c1c(C)[nH]c(/C=N/N2C(=O)c3ccccc3C2=O)c1C. The van der Waals surface area contributed by atoms with E-state index in [4.69, 9.17) is 4.74 Å². The minimum atomic E-state index is -0.469. The number of carbonyl (C=O) groups excluding carboxylic acids is 3. The lowest BCUT2D eigenvalue weighted by molar-refractivity contribution is 0.0524. The Labute approximate surface area is 144 Å². The molecule has 0 spiro atoms. The molecule has 7 heteroatoms. The fourth-order valence-corrected chi connectivity index (χ4v) is 2.81. The van der Waals surface area contributed by atoms with Gasteiger partial charge < -0.3 is 9.72 Å². The summed E-state index contributed by atoms with van der Waals surface area (Å²) in [5.74, 6) is -1.36. The second kappa shape index (κ2) is 6.35. The van der Waals surface area contributed by atoms with Gasteiger partial charge in [-0.25, -0.2) is 4.79 Å². The molecule has 2 heterocycles. The van der Waals surface area contributed by atoms with Crippen molar-refractivity contribution in [2.75, 3.05) is 6.61 Å². The van der Waals surface area contributed by atoms with E-state index in [2.05, 4.69) is 10.1 Å². The number of nitrogens with zero attached hydrogens (tertiary/aromatic N) is 2. The van der Waals surface area contributed by atoms with E-state index >= 15 is 0 Å². The molecule has 0 fully saturated rings. The number of benzene rings is 1. The van der Waals surface area contributed by atoms with E-state index in [9.17, 15) is 14.4 Å². The average Bonchev–Trinajstić information content (AvgIpc) is 3.01. The van der Waals surface area contributed by atoms with Crippen molar-refractivity contribution in [3.63, 3.8) is 0 Å². The van der Waals surface area contributed by atoms with Crippen LogP contribution in [0.4, 0.5) is 0 Å². The van der Waals surface area contributed by atoms with Crippen molar-refractivity contribution in [1.29, 1.82) is 0 Å². The molecule has 0 atom stereocenters. The number of nitrogens with one attached hydrogen (secondary N) is 1. The number of esters is 1. The predicted molar refractivity (Wildman–Crippen MR) is 90.8 cm³/mol. The summed E-state index contributed by atoms with van der Waals surface area (Å²) in [5.41, 5.74) is 2.92. The zero-order valence-corrected chi connectivity index (χ0v) is 14.1. The summed E-state index contributed by atoms with van der Waals surface area (Å²) in [4.78, 5) is 39.6. The van der Waals surface area contributed by atoms with Crippen molar-refractivity contribution in [3.05, 3.63) is 57.9 Å². The molecule has 0 saturated carbocycles. The molecule has 128 valence electrons. The summed E-state index contributed by atoms with van der Waals surface area (Å²) in [6.07, 6.45) is 1.37. The van der Waals surface area contributed by atoms with Gasteiger partial charge in [0.25, 0.3) is 11.8 Å². The van der Waals surface area contributed by atoms with Crippen LogP contribution in [-0.2, 0) is 4.74 Å². The maximum atomic E-state index is 12.3. The van der Waals surface area contributed by atoms with Gasteiger partial charge in [0, 0.05) is 5.69 Å². The largest absolute Gasteiger partial charge is 0.462 e. The number of aromatic amines is 1. The molecular formula is C18H17N3O4. The molecule has 3 rings (SSSR count). The Bertz CT molecular complexity index is 876. The number of hydrazone groups is 1. The molecular weight excluding hydrogens is 322 g/mol. The molecule has 1 aromatic heterocycles. The quantitative estimate of drug-likeness (QED) is 0.526. The number of imide groups is 1. The number of carbonyl (C=O) groups is 3. The second-order valence-corrected chi connectivity index (χ2v) is 5.60. The lowest BCUT2D eigenvalue weighted by Crippen LogP contribution is -2.24. The van der Waals surface area contributed by atoms with Crippen LogP contribution in [0.25, 0.3) is 0 Å². The number of aromatic nitrogens is 1. The Morgan fingerprint density at radius 2 is 1.80 bits per heavy atom. The van der Waals surface area contributed by atoms with Crippen molar-refractivity contribution < 1.29 is 19.1 Å². The number of H-pyrrole nitrogens is 1. The number of amides is 2. The fourth-order valence-electron chi connectivity index (χ4n) is 2.81. The van der Waals surface area contributed by atoms with Crippen LogP contribution in [0.2, 0.25) is 0 Å². The first kappa shape index (κ1) is 16.6. The van der Waals surface area contributed by atoms with Crippen LogP contribution in [-0.4, -0.2) is 40.6 Å². The van der Waals surface area contributed by atoms with Gasteiger partial charge in [-0.05, 0) is 38.5 Å². The van der Waals surface area contributed by atoms with Gasteiger partial charge in [0.15, 0.2) is 0 Å². The maximum Gasteiger partial charge on any atom is 0.340 e. The molecule has 0 unspecified atom stereocenters. The van der Waals surface area contributed by atoms with E-state index in [0.717, 1.165) is 5.01 Å². The van der Waals surface area contributed by atoms with Crippen LogP contribution >= 0.6 is 0 Å². The summed E-state index contributed by atoms with van der Waals surface area (Å²) in [6, 6.07) is 6.57. The number of hydrogen-bond acceptors (Lipinski definition) is 5. The highest BCUT2D eigenvalue weighted by molar-refractivity contribution is 6.21. The van der Waals surface area contributed by atoms with Crippen LogP contribution in [0.1, 0.15) is 54.9 Å². The van der Waals surface area contributed by atoms with E-state index < -0.39 is 17.8 Å². The molecule has 1 aliphatic rings. The van der Waals surface area contributed by atoms with Crippen molar-refractivity contribution in [2.45, 2.75) is 20.8 Å². The molecule has 0 bridgehead atoms. The monoisotopic (exact) mass is 339 g/mol. The number of ether oxygens (including phenoxy) is 1. The molecule has 0 radical (unpaired) electrons. The van der Waals surface area contributed by atoms with Crippen molar-refractivity contribution >= 4 is 24.0 Å². The lowest BCUT2D eigenvalue weighted by atomic mass is 10.1. The van der Waals surface area contributed by atoms with Crippen molar-refractivity contribution in [3.8, 4) is 0 Å². The molecule has 2 amide bonds. The van der Waals surface area contributed by atoms with E-state index in [1.165, 1.54) is 6.21 Å². The molecule has 0 aliphatic carbocycles. The summed E-state index contributed by atoms with van der Waals surface area (Å²) >= 11 is 0. The summed E-state index contributed by atoms with van der Waals surface area (Å²) in [7, 11) is 0. The Hall–Kier alpha value is -3.22. The van der Waals surface area contributed by atoms with E-state index in [-0.39, 0.29) is 6.61 Å². The van der Waals surface area contributed by atoms with Crippen molar-refractivity contribution in [1.82, 2.24) is 9.99 Å². The molecule has 2 aromatic rings. The summed E-state index contributed by atoms with van der Waals surface area (Å²) in [6.45, 7) is 5.51. The molecule has 7 nitrogen and oxygen atoms in total. The van der Waals surface area contributed by atoms with Crippen molar-refractivity contribution in [2.24, 2.45) is 5.10 Å². The first-order valence-electron chi connectivity index (χ1n) is 7.83. The fraction of sp³-hybridized carbons (Fsp3) is 0.222. The van der Waals surface area contributed by atoms with Gasteiger partial charge in [-0.3, -0.25) is 9.59 Å². The minimum absolute atomic E-state index is 0.279.